The predicted molar refractivity (Wildman–Crippen MR) is 50.6 cm³/mol. The van der Waals surface area contributed by atoms with Crippen LogP contribution in [0.15, 0.2) is 34.9 Å². The van der Waals surface area contributed by atoms with Crippen molar-refractivity contribution in [2.24, 2.45) is 0 Å². The van der Waals surface area contributed by atoms with Gasteiger partial charge in [-0.2, -0.15) is 5.21 Å². The van der Waals surface area contributed by atoms with Crippen LogP contribution in [0.4, 0.5) is 0 Å². The van der Waals surface area contributed by atoms with Gasteiger partial charge in [-0.1, -0.05) is 18.2 Å². The van der Waals surface area contributed by atoms with E-state index in [1.54, 1.807) is 0 Å². The Hall–Kier alpha value is -1.36. The first-order valence-electron chi connectivity index (χ1n) is 3.65. The molecular formula is C8H6BrN3O. The molecule has 66 valence electrons. The number of nitrogens with one attached hydrogen (secondary N) is 1. The molecule has 1 heterocycles. The summed E-state index contributed by atoms with van der Waals surface area (Å²) in [6, 6.07) is 9.40. The van der Waals surface area contributed by atoms with E-state index in [9.17, 15) is 0 Å². The standard InChI is InChI=1S/C8H6BrN3O/c9-7-8(11-12-10-7)13-6-4-2-1-3-5-6/h1-5H,(H,10,11,12). The second-order valence-corrected chi connectivity index (χ2v) is 3.09. The lowest BCUT2D eigenvalue weighted by Crippen LogP contribution is -1.83. The molecule has 2 rings (SSSR count). The lowest BCUT2D eigenvalue weighted by atomic mass is 10.3. The van der Waals surface area contributed by atoms with Gasteiger partial charge in [0.15, 0.2) is 4.60 Å². The van der Waals surface area contributed by atoms with Crippen molar-refractivity contribution >= 4 is 15.9 Å². The SMILES string of the molecule is Brc1n[nH]nc1Oc1ccccc1. The summed E-state index contributed by atoms with van der Waals surface area (Å²) in [5, 5.41) is 10.0. The Kier molecular flexibility index (Phi) is 2.27. The highest BCUT2D eigenvalue weighted by atomic mass is 79.9. The summed E-state index contributed by atoms with van der Waals surface area (Å²) >= 11 is 3.19. The molecule has 0 spiro atoms. The molecule has 4 nitrogen and oxygen atoms in total. The Bertz CT molecular complexity index is 387. The van der Waals surface area contributed by atoms with E-state index in [-0.39, 0.29) is 0 Å². The maximum Gasteiger partial charge on any atom is 0.273 e. The van der Waals surface area contributed by atoms with Crippen molar-refractivity contribution in [2.75, 3.05) is 0 Å². The molecule has 0 unspecified atom stereocenters. The van der Waals surface area contributed by atoms with Gasteiger partial charge in [-0.15, -0.1) is 10.2 Å². The first kappa shape index (κ1) is 8.25. The van der Waals surface area contributed by atoms with Crippen LogP contribution in [0.25, 0.3) is 0 Å². The summed E-state index contributed by atoms with van der Waals surface area (Å²) in [5.41, 5.74) is 0. The van der Waals surface area contributed by atoms with E-state index in [0.717, 1.165) is 5.75 Å². The van der Waals surface area contributed by atoms with Crippen LogP contribution in [0.3, 0.4) is 0 Å². The van der Waals surface area contributed by atoms with Crippen molar-refractivity contribution in [3.63, 3.8) is 0 Å². The summed E-state index contributed by atoms with van der Waals surface area (Å²) in [5.74, 6) is 1.17. The number of aromatic nitrogens is 3. The second-order valence-electron chi connectivity index (χ2n) is 2.33. The van der Waals surface area contributed by atoms with E-state index in [1.807, 2.05) is 30.3 Å². The molecular weight excluding hydrogens is 234 g/mol. The van der Waals surface area contributed by atoms with Crippen LogP contribution in [0, 0.1) is 0 Å². The van der Waals surface area contributed by atoms with Gasteiger partial charge in [0.05, 0.1) is 0 Å². The number of H-pyrrole nitrogens is 1. The minimum absolute atomic E-state index is 0.436. The van der Waals surface area contributed by atoms with Crippen molar-refractivity contribution in [3.05, 3.63) is 34.9 Å². The van der Waals surface area contributed by atoms with Crippen molar-refractivity contribution in [3.8, 4) is 11.6 Å². The van der Waals surface area contributed by atoms with E-state index in [4.69, 9.17) is 4.74 Å². The molecule has 0 bridgehead atoms. The number of rotatable bonds is 2. The summed E-state index contributed by atoms with van der Waals surface area (Å²) in [7, 11) is 0. The van der Waals surface area contributed by atoms with E-state index < -0.39 is 0 Å². The molecule has 0 aliphatic rings. The zero-order chi connectivity index (χ0) is 9.10. The highest BCUT2D eigenvalue weighted by Crippen LogP contribution is 2.24. The highest BCUT2D eigenvalue weighted by Gasteiger charge is 2.05. The fourth-order valence-corrected chi connectivity index (χ4v) is 1.12. The molecule has 2 aromatic rings. The van der Waals surface area contributed by atoms with Crippen LogP contribution >= 0.6 is 15.9 Å². The summed E-state index contributed by atoms with van der Waals surface area (Å²) < 4.78 is 5.96. The van der Waals surface area contributed by atoms with E-state index in [1.165, 1.54) is 0 Å². The fourth-order valence-electron chi connectivity index (χ4n) is 0.873. The predicted octanol–water partition coefficient (Wildman–Crippen LogP) is 2.36. The van der Waals surface area contributed by atoms with E-state index in [0.29, 0.717) is 10.5 Å². The number of para-hydroxylation sites is 1. The molecule has 1 N–H and O–H groups in total. The molecule has 0 saturated heterocycles. The Morgan fingerprint density at radius 3 is 2.54 bits per heavy atom. The third-order valence-corrected chi connectivity index (χ3v) is 1.95. The summed E-state index contributed by atoms with van der Waals surface area (Å²) in [6.07, 6.45) is 0. The van der Waals surface area contributed by atoms with Gasteiger partial charge in [-0.25, -0.2) is 0 Å². The number of aromatic amines is 1. The number of nitrogens with zero attached hydrogens (tertiary/aromatic N) is 2. The first-order valence-corrected chi connectivity index (χ1v) is 4.45. The molecule has 0 amide bonds. The third kappa shape index (κ3) is 1.86. The Labute approximate surface area is 83.1 Å². The molecule has 0 atom stereocenters. The van der Waals surface area contributed by atoms with E-state index >= 15 is 0 Å². The minimum atomic E-state index is 0.436. The number of ether oxygens (including phenoxy) is 1. The highest BCUT2D eigenvalue weighted by molar-refractivity contribution is 9.10. The van der Waals surface area contributed by atoms with Gasteiger partial charge < -0.3 is 4.74 Å². The van der Waals surface area contributed by atoms with Crippen molar-refractivity contribution < 1.29 is 4.74 Å². The second kappa shape index (κ2) is 3.57. The maximum atomic E-state index is 5.40. The normalized spacial score (nSPS) is 9.92. The van der Waals surface area contributed by atoms with Crippen LogP contribution < -0.4 is 4.74 Å². The molecule has 1 aromatic heterocycles. The topological polar surface area (TPSA) is 50.8 Å². The Morgan fingerprint density at radius 2 is 1.92 bits per heavy atom. The van der Waals surface area contributed by atoms with Crippen LogP contribution in [-0.2, 0) is 0 Å². The molecule has 13 heavy (non-hydrogen) atoms. The molecule has 1 aromatic carbocycles. The van der Waals surface area contributed by atoms with Gasteiger partial charge in [0.2, 0.25) is 0 Å². The lowest BCUT2D eigenvalue weighted by molar-refractivity contribution is 0.459. The number of hydrogen-bond acceptors (Lipinski definition) is 3. The van der Waals surface area contributed by atoms with Crippen LogP contribution in [0.1, 0.15) is 0 Å². The van der Waals surface area contributed by atoms with Gasteiger partial charge in [-0.3, -0.25) is 0 Å². The minimum Gasteiger partial charge on any atom is -0.436 e. The largest absolute Gasteiger partial charge is 0.436 e. The van der Waals surface area contributed by atoms with Crippen molar-refractivity contribution in [1.29, 1.82) is 0 Å². The average Bonchev–Trinajstić information content (AvgIpc) is 2.54. The van der Waals surface area contributed by atoms with Gasteiger partial charge in [0, 0.05) is 0 Å². The third-order valence-electron chi connectivity index (χ3n) is 1.43. The molecule has 0 aliphatic heterocycles. The first-order chi connectivity index (χ1) is 6.36. The fraction of sp³-hybridized carbons (Fsp3) is 0. The molecule has 0 fully saturated rings. The van der Waals surface area contributed by atoms with Gasteiger partial charge in [0.25, 0.3) is 5.88 Å². The van der Waals surface area contributed by atoms with Crippen LogP contribution in [0.5, 0.6) is 11.6 Å². The number of hydrogen-bond donors (Lipinski definition) is 1. The Balaban J connectivity index is 2.20. The molecule has 0 aliphatic carbocycles. The van der Waals surface area contributed by atoms with Gasteiger partial charge in [-0.05, 0) is 28.1 Å². The maximum absolute atomic E-state index is 5.40. The number of benzene rings is 1. The van der Waals surface area contributed by atoms with Gasteiger partial charge >= 0.3 is 0 Å². The number of halogens is 1. The zero-order valence-corrected chi connectivity index (χ0v) is 8.15. The quantitative estimate of drug-likeness (QED) is 0.876. The monoisotopic (exact) mass is 239 g/mol. The van der Waals surface area contributed by atoms with Gasteiger partial charge in [0.1, 0.15) is 5.75 Å². The molecule has 5 heteroatoms. The zero-order valence-electron chi connectivity index (χ0n) is 6.57. The summed E-state index contributed by atoms with van der Waals surface area (Å²) in [4.78, 5) is 0. The van der Waals surface area contributed by atoms with E-state index in [2.05, 4.69) is 31.3 Å². The average molecular weight is 240 g/mol. The lowest BCUT2D eigenvalue weighted by Gasteiger charge is -1.99. The van der Waals surface area contributed by atoms with Crippen molar-refractivity contribution in [1.82, 2.24) is 15.4 Å². The molecule has 0 saturated carbocycles. The Morgan fingerprint density at radius 1 is 1.15 bits per heavy atom. The smallest absolute Gasteiger partial charge is 0.273 e. The van der Waals surface area contributed by atoms with Crippen LogP contribution in [0.2, 0.25) is 0 Å². The van der Waals surface area contributed by atoms with Crippen molar-refractivity contribution in [2.45, 2.75) is 0 Å². The molecule has 0 radical (unpaired) electrons. The van der Waals surface area contributed by atoms with Crippen LogP contribution in [-0.4, -0.2) is 15.4 Å². The summed E-state index contributed by atoms with van der Waals surface area (Å²) in [6.45, 7) is 0.